The molecule has 6 aromatic carbocycles. The fraction of sp³-hybridized carbons (Fsp3) is 0.192. The molecule has 4 nitrogen and oxygen atoms in total. The number of benzene rings is 6. The molecule has 0 aliphatic heterocycles. The van der Waals surface area contributed by atoms with E-state index in [4.69, 9.17) is 9.97 Å². The van der Waals surface area contributed by atoms with E-state index in [1.165, 1.54) is 22.3 Å². The third-order valence-electron chi connectivity index (χ3n) is 10.6. The van der Waals surface area contributed by atoms with Crippen molar-refractivity contribution in [2.75, 3.05) is 0 Å². The summed E-state index contributed by atoms with van der Waals surface area (Å²) in [5.41, 5.74) is 16.1. The average Bonchev–Trinajstić information content (AvgIpc) is 3.59. The SMILES string of the molecule is Cc1cc(C)c(O)c(-c2nc3c(-c4[c-]c(-c5cc(-c6ccccc6)ccn5)cc(C(C)(C)C)c4)cccc3n2-c2ccc(-c3ccccc3)c(CC(C)C)c2)c1.[Pt]. The Kier molecular flexibility index (Phi) is 11.2. The minimum atomic E-state index is -0.133. The largest absolute Gasteiger partial charge is 0.507 e. The molecule has 2 aromatic heterocycles. The third kappa shape index (κ3) is 8.02. The molecule has 288 valence electrons. The molecule has 0 fully saturated rings. The number of aromatic hydroxyl groups is 1. The van der Waals surface area contributed by atoms with Gasteiger partial charge in [-0.25, -0.2) is 4.98 Å². The Labute approximate surface area is 351 Å². The van der Waals surface area contributed by atoms with Crippen LogP contribution in [0.2, 0.25) is 0 Å². The third-order valence-corrected chi connectivity index (χ3v) is 10.6. The molecular formula is C52H48N3OPt-. The first-order chi connectivity index (χ1) is 26.9. The van der Waals surface area contributed by atoms with Gasteiger partial charge in [-0.15, -0.1) is 29.3 Å². The minimum absolute atomic E-state index is 0. The molecule has 8 aromatic rings. The number of rotatable bonds is 8. The van der Waals surface area contributed by atoms with Crippen molar-refractivity contribution < 1.29 is 26.2 Å². The molecule has 0 unspecified atom stereocenters. The van der Waals surface area contributed by atoms with Crippen molar-refractivity contribution >= 4 is 11.0 Å². The van der Waals surface area contributed by atoms with Crippen molar-refractivity contribution in [2.24, 2.45) is 5.92 Å². The van der Waals surface area contributed by atoms with Crippen molar-refractivity contribution in [3.63, 3.8) is 0 Å². The minimum Gasteiger partial charge on any atom is -0.507 e. The van der Waals surface area contributed by atoms with Gasteiger partial charge in [0, 0.05) is 38.6 Å². The summed E-state index contributed by atoms with van der Waals surface area (Å²) >= 11 is 0. The number of phenols is 1. The van der Waals surface area contributed by atoms with Crippen LogP contribution < -0.4 is 0 Å². The van der Waals surface area contributed by atoms with Gasteiger partial charge in [-0.2, -0.15) is 0 Å². The van der Waals surface area contributed by atoms with Crippen LogP contribution in [0.15, 0.2) is 140 Å². The van der Waals surface area contributed by atoms with Gasteiger partial charge in [0.1, 0.15) is 11.6 Å². The summed E-state index contributed by atoms with van der Waals surface area (Å²) in [4.78, 5) is 10.3. The van der Waals surface area contributed by atoms with Gasteiger partial charge in [0.15, 0.2) is 0 Å². The van der Waals surface area contributed by atoms with E-state index in [0.717, 1.165) is 67.8 Å². The maximum absolute atomic E-state index is 11.7. The number of aromatic nitrogens is 3. The summed E-state index contributed by atoms with van der Waals surface area (Å²) < 4.78 is 2.23. The number of fused-ring (bicyclic) bond motifs is 1. The molecule has 0 aliphatic rings. The van der Waals surface area contributed by atoms with Gasteiger partial charge in [-0.3, -0.25) is 9.55 Å². The molecule has 2 heterocycles. The van der Waals surface area contributed by atoms with E-state index >= 15 is 0 Å². The van der Waals surface area contributed by atoms with Gasteiger partial charge in [0.2, 0.25) is 0 Å². The maximum Gasteiger partial charge on any atom is 0.148 e. The van der Waals surface area contributed by atoms with Gasteiger partial charge in [0.05, 0.1) is 16.6 Å². The predicted octanol–water partition coefficient (Wildman–Crippen LogP) is 13.4. The van der Waals surface area contributed by atoms with Crippen molar-refractivity contribution in [2.45, 2.75) is 60.3 Å². The number of imidazole rings is 1. The summed E-state index contributed by atoms with van der Waals surface area (Å²) in [6, 6.07) is 50.7. The number of para-hydroxylation sites is 1. The molecule has 0 amide bonds. The summed E-state index contributed by atoms with van der Waals surface area (Å²) in [7, 11) is 0. The average molecular weight is 926 g/mol. The van der Waals surface area contributed by atoms with Crippen molar-refractivity contribution in [1.82, 2.24) is 14.5 Å². The monoisotopic (exact) mass is 925 g/mol. The van der Waals surface area contributed by atoms with E-state index in [9.17, 15) is 5.11 Å². The van der Waals surface area contributed by atoms with Crippen molar-refractivity contribution in [3.8, 4) is 67.5 Å². The predicted molar refractivity (Wildman–Crippen MR) is 233 cm³/mol. The van der Waals surface area contributed by atoms with Crippen LogP contribution in [-0.2, 0) is 32.9 Å². The van der Waals surface area contributed by atoms with E-state index in [1.807, 2.05) is 31.3 Å². The molecule has 8 rings (SSSR count). The maximum atomic E-state index is 11.7. The first-order valence-electron chi connectivity index (χ1n) is 19.6. The zero-order chi connectivity index (χ0) is 39.1. The summed E-state index contributed by atoms with van der Waals surface area (Å²) in [6.07, 6.45) is 2.81. The number of nitrogens with zero attached hydrogens (tertiary/aromatic N) is 3. The smallest absolute Gasteiger partial charge is 0.148 e. The Hall–Kier alpha value is -5.57. The van der Waals surface area contributed by atoms with Crippen LogP contribution in [0.1, 0.15) is 56.9 Å². The first kappa shape index (κ1) is 39.7. The van der Waals surface area contributed by atoms with Crippen LogP contribution in [0.4, 0.5) is 0 Å². The van der Waals surface area contributed by atoms with Gasteiger partial charge in [-0.05, 0) is 101 Å². The summed E-state index contributed by atoms with van der Waals surface area (Å²) in [6.45, 7) is 15.3. The molecule has 57 heavy (non-hydrogen) atoms. The molecular weight excluding hydrogens is 878 g/mol. The molecule has 0 aliphatic carbocycles. The van der Waals surface area contributed by atoms with Crippen LogP contribution in [0.25, 0.3) is 72.7 Å². The molecule has 0 spiro atoms. The number of hydrogen-bond donors (Lipinski definition) is 1. The Morgan fingerprint density at radius 3 is 2.09 bits per heavy atom. The van der Waals surface area contributed by atoms with E-state index in [0.29, 0.717) is 17.3 Å². The number of hydrogen-bond acceptors (Lipinski definition) is 3. The second kappa shape index (κ2) is 16.1. The standard InChI is InChI=1S/C52H48N3O.Pt/c1-33(2)25-39-31-43(21-22-44(39)37-17-12-9-13-18-37)55-48-20-14-19-45(49(48)54-51(55)46-27-34(3)26-35(4)50(46)56)40-28-41(30-42(29-40)52(5,6)7)47-32-38(23-24-53-47)36-15-10-8-11-16-36;/h8-24,26-27,29-33,56H,25H2,1-7H3;/q-1;. The zero-order valence-corrected chi connectivity index (χ0v) is 35.9. The van der Waals surface area contributed by atoms with E-state index in [2.05, 4.69) is 167 Å². The molecule has 5 heteroatoms. The fourth-order valence-corrected chi connectivity index (χ4v) is 7.79. The molecule has 0 saturated carbocycles. The van der Waals surface area contributed by atoms with E-state index in [-0.39, 0.29) is 32.2 Å². The van der Waals surface area contributed by atoms with Gasteiger partial charge < -0.3 is 5.11 Å². The molecule has 0 bridgehead atoms. The van der Waals surface area contributed by atoms with Crippen LogP contribution in [0.3, 0.4) is 0 Å². The van der Waals surface area contributed by atoms with E-state index in [1.54, 1.807) is 0 Å². The summed E-state index contributed by atoms with van der Waals surface area (Å²) in [5, 5.41) is 11.7. The van der Waals surface area contributed by atoms with Crippen molar-refractivity contribution in [1.29, 1.82) is 0 Å². The van der Waals surface area contributed by atoms with Crippen LogP contribution >= 0.6 is 0 Å². The molecule has 0 saturated heterocycles. The van der Waals surface area contributed by atoms with Crippen LogP contribution in [-0.4, -0.2) is 19.6 Å². The second-order valence-corrected chi connectivity index (χ2v) is 16.5. The topological polar surface area (TPSA) is 50.9 Å². The van der Waals surface area contributed by atoms with Gasteiger partial charge in [-0.1, -0.05) is 137 Å². The van der Waals surface area contributed by atoms with E-state index < -0.39 is 0 Å². The number of phenolic OH excluding ortho intramolecular Hbond substituents is 1. The zero-order valence-electron chi connectivity index (χ0n) is 33.7. The number of aryl methyl sites for hydroxylation is 2. The van der Waals surface area contributed by atoms with Gasteiger partial charge >= 0.3 is 0 Å². The Balaban J connectivity index is 0.00000496. The normalized spacial score (nSPS) is 11.6. The second-order valence-electron chi connectivity index (χ2n) is 16.5. The Morgan fingerprint density at radius 1 is 0.684 bits per heavy atom. The molecule has 1 N–H and O–H groups in total. The van der Waals surface area contributed by atoms with Gasteiger partial charge in [0.25, 0.3) is 0 Å². The first-order valence-corrected chi connectivity index (χ1v) is 19.6. The fourth-order valence-electron chi connectivity index (χ4n) is 7.79. The Bertz CT molecular complexity index is 2710. The Morgan fingerprint density at radius 2 is 1.39 bits per heavy atom. The molecule has 0 atom stereocenters. The number of pyridine rings is 1. The van der Waals surface area contributed by atoms with Crippen molar-refractivity contribution in [3.05, 3.63) is 168 Å². The van der Waals surface area contributed by atoms with Crippen LogP contribution in [0.5, 0.6) is 5.75 Å². The van der Waals surface area contributed by atoms with Crippen LogP contribution in [0, 0.1) is 25.8 Å². The molecule has 0 radical (unpaired) electrons. The summed E-state index contributed by atoms with van der Waals surface area (Å²) in [5.74, 6) is 1.40. The quantitative estimate of drug-likeness (QED) is 0.155.